The number of carbonyl (C=O) groups is 1. The van der Waals surface area contributed by atoms with Crippen molar-refractivity contribution in [1.82, 2.24) is 34.9 Å². The van der Waals surface area contributed by atoms with Gasteiger partial charge in [-0.25, -0.2) is 4.98 Å². The zero-order chi connectivity index (χ0) is 34.9. The van der Waals surface area contributed by atoms with Crippen LogP contribution in [0.2, 0.25) is 0 Å². The molecule has 1 aliphatic carbocycles. The second-order valence-corrected chi connectivity index (χ2v) is 14.2. The van der Waals surface area contributed by atoms with Crippen molar-refractivity contribution < 1.29 is 15.0 Å². The van der Waals surface area contributed by atoms with E-state index in [4.69, 9.17) is 4.98 Å². The minimum atomic E-state index is -1.15. The topological polar surface area (TPSA) is 138 Å². The van der Waals surface area contributed by atoms with Crippen LogP contribution >= 0.6 is 0 Å². The van der Waals surface area contributed by atoms with E-state index >= 15 is 0 Å². The molecule has 6 rings (SSSR count). The molecule has 5 aromatic rings. The van der Waals surface area contributed by atoms with Crippen molar-refractivity contribution in [3.05, 3.63) is 108 Å². The third-order valence-electron chi connectivity index (χ3n) is 9.82. The van der Waals surface area contributed by atoms with Gasteiger partial charge in [0.15, 0.2) is 5.65 Å². The van der Waals surface area contributed by atoms with Crippen LogP contribution in [-0.4, -0.2) is 63.9 Å². The number of amides is 1. The van der Waals surface area contributed by atoms with E-state index in [1.54, 1.807) is 18.6 Å². The van der Waals surface area contributed by atoms with Gasteiger partial charge in [-0.05, 0) is 67.7 Å². The van der Waals surface area contributed by atoms with Crippen molar-refractivity contribution in [1.29, 1.82) is 0 Å². The first-order valence-corrected chi connectivity index (χ1v) is 18.1. The summed E-state index contributed by atoms with van der Waals surface area (Å²) in [5.74, 6) is 0.156. The van der Waals surface area contributed by atoms with Crippen LogP contribution < -0.4 is 5.32 Å². The van der Waals surface area contributed by atoms with E-state index in [9.17, 15) is 15.0 Å². The summed E-state index contributed by atoms with van der Waals surface area (Å²) >= 11 is 0. The van der Waals surface area contributed by atoms with Crippen LogP contribution in [0.5, 0.6) is 0 Å². The molecule has 10 nitrogen and oxygen atoms in total. The lowest BCUT2D eigenvalue weighted by Gasteiger charge is -2.33. The molecule has 0 aliphatic heterocycles. The van der Waals surface area contributed by atoms with Crippen LogP contribution in [0.15, 0.2) is 85.5 Å². The number of carbonyl (C=O) groups excluding carboxylic acids is 1. The van der Waals surface area contributed by atoms with Crippen molar-refractivity contribution in [3.8, 4) is 11.3 Å². The molecule has 1 aliphatic rings. The smallest absolute Gasteiger partial charge is 0.231 e. The molecule has 0 saturated heterocycles. The van der Waals surface area contributed by atoms with E-state index in [1.165, 1.54) is 6.42 Å². The molecule has 10 heteroatoms. The number of aromatic nitrogens is 6. The van der Waals surface area contributed by atoms with Crippen molar-refractivity contribution >= 4 is 11.6 Å². The van der Waals surface area contributed by atoms with Crippen molar-refractivity contribution in [2.24, 2.45) is 11.8 Å². The van der Waals surface area contributed by atoms with Gasteiger partial charge in [0.25, 0.3) is 0 Å². The van der Waals surface area contributed by atoms with Gasteiger partial charge in [0.05, 0.1) is 23.5 Å². The molecule has 50 heavy (non-hydrogen) atoms. The van der Waals surface area contributed by atoms with Gasteiger partial charge in [-0.15, -0.1) is 10.2 Å². The molecule has 4 heterocycles. The standard InChI is InChI=1S/C40H49N7O3/c1-27(2)22-34-39-46-45-38(47(39)26-35(43-34)30-15-7-4-8-16-30)32(23-29-14-11-20-41-25-29)40(50)44-33(24-28-12-5-3-6-13-28)37(49)36(48)19-18-31-17-9-10-21-42-31/h4,7-11,14-17,20-21,25-28,32-33,36-37,48-49H,3,5-6,12-13,18-19,22-24H2,1-2H3,(H,44,50)/t32?,33-,36-,37+/m0/s1. The molecule has 1 fully saturated rings. The molecular formula is C40H49N7O3. The van der Waals surface area contributed by atoms with Crippen LogP contribution in [0.1, 0.15) is 87.5 Å². The first-order valence-electron chi connectivity index (χ1n) is 18.1. The molecule has 1 amide bonds. The molecule has 1 aromatic carbocycles. The Balaban J connectivity index is 1.34. The summed E-state index contributed by atoms with van der Waals surface area (Å²) in [4.78, 5) is 28.3. The first-order chi connectivity index (χ1) is 24.4. The fourth-order valence-corrected chi connectivity index (χ4v) is 7.17. The van der Waals surface area contributed by atoms with E-state index in [1.807, 2.05) is 71.3 Å². The summed E-state index contributed by atoms with van der Waals surface area (Å²) in [6.07, 6.45) is 13.0. The monoisotopic (exact) mass is 675 g/mol. The van der Waals surface area contributed by atoms with Gasteiger partial charge >= 0.3 is 0 Å². The largest absolute Gasteiger partial charge is 0.390 e. The molecular weight excluding hydrogens is 626 g/mol. The third-order valence-corrected chi connectivity index (χ3v) is 9.82. The number of pyridine rings is 2. The molecule has 3 N–H and O–H groups in total. The number of rotatable bonds is 15. The van der Waals surface area contributed by atoms with E-state index < -0.39 is 24.2 Å². The van der Waals surface area contributed by atoms with Crippen LogP contribution in [-0.2, 0) is 24.1 Å². The summed E-state index contributed by atoms with van der Waals surface area (Å²) in [5.41, 5.74) is 4.91. The molecule has 0 spiro atoms. The van der Waals surface area contributed by atoms with Crippen molar-refractivity contribution in [2.75, 3.05) is 0 Å². The zero-order valence-electron chi connectivity index (χ0n) is 29.1. The Labute approximate surface area is 294 Å². The second-order valence-electron chi connectivity index (χ2n) is 14.2. The highest BCUT2D eigenvalue weighted by molar-refractivity contribution is 5.84. The molecule has 4 aromatic heterocycles. The van der Waals surface area contributed by atoms with E-state index in [-0.39, 0.29) is 5.91 Å². The number of fused-ring (bicyclic) bond motifs is 1. The third kappa shape index (κ3) is 8.97. The zero-order valence-corrected chi connectivity index (χ0v) is 29.1. The van der Waals surface area contributed by atoms with Gasteiger partial charge in [0.1, 0.15) is 17.8 Å². The molecule has 1 saturated carbocycles. The number of nitrogens with one attached hydrogen (secondary N) is 1. The fourth-order valence-electron chi connectivity index (χ4n) is 7.17. The fraction of sp³-hybridized carbons (Fsp3) is 0.450. The Morgan fingerprint density at radius 1 is 0.940 bits per heavy atom. The summed E-state index contributed by atoms with van der Waals surface area (Å²) in [6.45, 7) is 4.29. The average Bonchev–Trinajstić information content (AvgIpc) is 3.57. The summed E-state index contributed by atoms with van der Waals surface area (Å²) in [7, 11) is 0. The van der Waals surface area contributed by atoms with Gasteiger partial charge in [-0.3, -0.25) is 19.2 Å². The Morgan fingerprint density at radius 3 is 2.46 bits per heavy atom. The van der Waals surface area contributed by atoms with Crippen molar-refractivity contribution in [2.45, 2.75) is 102 Å². The SMILES string of the molecule is CC(C)Cc1nc(-c2ccccc2)cn2c(C(Cc3cccnc3)C(=O)N[C@@H](CC3CCCCC3)[C@@H](O)[C@@H](O)CCc3ccccn3)nnc12. The number of benzene rings is 1. The molecule has 1 unspecified atom stereocenters. The number of aliphatic hydroxyl groups excluding tert-OH is 2. The Bertz CT molecular complexity index is 1790. The normalized spacial score (nSPS) is 16.3. The predicted octanol–water partition coefficient (Wildman–Crippen LogP) is 5.92. The van der Waals surface area contributed by atoms with Gasteiger partial charge in [0.2, 0.25) is 5.91 Å². The van der Waals surface area contributed by atoms with Crippen LogP contribution in [0.3, 0.4) is 0 Å². The number of hydrogen-bond acceptors (Lipinski definition) is 8. The van der Waals surface area contributed by atoms with Crippen LogP contribution in [0.4, 0.5) is 0 Å². The minimum absolute atomic E-state index is 0.275. The van der Waals surface area contributed by atoms with Gasteiger partial charge in [-0.2, -0.15) is 0 Å². The number of nitrogens with zero attached hydrogens (tertiary/aromatic N) is 6. The lowest BCUT2D eigenvalue weighted by molar-refractivity contribution is -0.125. The minimum Gasteiger partial charge on any atom is -0.390 e. The molecule has 262 valence electrons. The molecule has 0 radical (unpaired) electrons. The highest BCUT2D eigenvalue weighted by atomic mass is 16.3. The van der Waals surface area contributed by atoms with Crippen LogP contribution in [0, 0.1) is 11.8 Å². The Hall–Kier alpha value is -4.54. The maximum atomic E-state index is 14.6. The first kappa shape index (κ1) is 35.3. The molecule has 4 atom stereocenters. The highest BCUT2D eigenvalue weighted by Crippen LogP contribution is 2.30. The number of aryl methyl sites for hydroxylation is 1. The van der Waals surface area contributed by atoms with Crippen molar-refractivity contribution in [3.63, 3.8) is 0 Å². The lowest BCUT2D eigenvalue weighted by atomic mass is 9.82. The summed E-state index contributed by atoms with van der Waals surface area (Å²) in [6, 6.07) is 18.8. The second kappa shape index (κ2) is 16.9. The lowest BCUT2D eigenvalue weighted by Crippen LogP contribution is -2.51. The summed E-state index contributed by atoms with van der Waals surface area (Å²) in [5, 5.41) is 35.4. The number of hydrogen-bond donors (Lipinski definition) is 3. The quantitative estimate of drug-likeness (QED) is 0.124. The maximum absolute atomic E-state index is 14.6. The van der Waals surface area contributed by atoms with Gasteiger partial charge < -0.3 is 15.5 Å². The predicted molar refractivity (Wildman–Crippen MR) is 193 cm³/mol. The maximum Gasteiger partial charge on any atom is 0.231 e. The Morgan fingerprint density at radius 2 is 1.74 bits per heavy atom. The van der Waals surface area contributed by atoms with E-state index in [0.717, 1.165) is 53.9 Å². The Kier molecular flexibility index (Phi) is 11.9. The number of aliphatic hydroxyl groups is 2. The average molecular weight is 676 g/mol. The van der Waals surface area contributed by atoms with Crippen LogP contribution in [0.25, 0.3) is 16.9 Å². The molecule has 0 bridgehead atoms. The van der Waals surface area contributed by atoms with Gasteiger partial charge in [0, 0.05) is 36.0 Å². The summed E-state index contributed by atoms with van der Waals surface area (Å²) < 4.78 is 1.92. The van der Waals surface area contributed by atoms with E-state index in [2.05, 4.69) is 39.3 Å². The highest BCUT2D eigenvalue weighted by Gasteiger charge is 2.35. The van der Waals surface area contributed by atoms with Gasteiger partial charge in [-0.1, -0.05) is 88.4 Å². The van der Waals surface area contributed by atoms with E-state index in [0.29, 0.717) is 55.4 Å².